The third-order valence-corrected chi connectivity index (χ3v) is 6.20. The topological polar surface area (TPSA) is 54.2 Å². The molecule has 5 nitrogen and oxygen atoms in total. The van der Waals surface area contributed by atoms with Gasteiger partial charge in [-0.3, -0.25) is 0 Å². The number of hydrogen-bond acceptors (Lipinski definition) is 5. The van der Waals surface area contributed by atoms with Gasteiger partial charge in [0, 0.05) is 19.5 Å². The highest BCUT2D eigenvalue weighted by Gasteiger charge is 2.17. The molecule has 31 heavy (non-hydrogen) atoms. The first-order valence-corrected chi connectivity index (χ1v) is 11.5. The zero-order valence-corrected chi connectivity index (χ0v) is 20.0. The van der Waals surface area contributed by atoms with Crippen molar-refractivity contribution in [2.24, 2.45) is 11.8 Å². The van der Waals surface area contributed by atoms with Gasteiger partial charge in [0.1, 0.15) is 23.2 Å². The standard InChI is InChI=1S/C15H25NO.C11H13N3/c1-11-4-6-14(7-5-11)9-16-10-15-8-12(2)13(3)17-15;1-8-12-10-7-5-4-6-9(10)11(13-8)14(2)3/h8,11,14,16H,4-7,9-10H2,1-3H3;4-7H,1-3H3. The first-order valence-electron chi connectivity index (χ1n) is 11.5. The lowest BCUT2D eigenvalue weighted by Gasteiger charge is -2.26. The molecule has 1 aliphatic rings. The summed E-state index contributed by atoms with van der Waals surface area (Å²) in [6.07, 6.45) is 5.60. The van der Waals surface area contributed by atoms with Gasteiger partial charge in [-0.2, -0.15) is 0 Å². The SMILES string of the molecule is Cc1cc(CNCC2CCC(C)CC2)oc1C.Cc1nc(N(C)C)c2ccccc2n1. The minimum atomic E-state index is 0.812. The molecule has 0 amide bonds. The number of nitrogens with zero attached hydrogens (tertiary/aromatic N) is 3. The third-order valence-electron chi connectivity index (χ3n) is 6.20. The van der Waals surface area contributed by atoms with E-state index in [4.69, 9.17) is 4.42 Å². The van der Waals surface area contributed by atoms with Crippen LogP contribution in [0.2, 0.25) is 0 Å². The van der Waals surface area contributed by atoms with E-state index in [1.165, 1.54) is 31.2 Å². The number of benzene rings is 1. The second kappa shape index (κ2) is 10.8. The summed E-state index contributed by atoms with van der Waals surface area (Å²) in [5.74, 6) is 5.74. The second-order valence-corrected chi connectivity index (χ2v) is 9.21. The largest absolute Gasteiger partial charge is 0.465 e. The average Bonchev–Trinajstić information content (AvgIpc) is 3.06. The van der Waals surface area contributed by atoms with Gasteiger partial charge in [0.2, 0.25) is 0 Å². The molecular formula is C26H38N4O. The van der Waals surface area contributed by atoms with E-state index in [9.17, 15) is 0 Å². The van der Waals surface area contributed by atoms with Crippen LogP contribution in [0.25, 0.3) is 10.9 Å². The summed E-state index contributed by atoms with van der Waals surface area (Å²) in [5, 5.41) is 4.63. The van der Waals surface area contributed by atoms with Crippen LogP contribution < -0.4 is 10.2 Å². The van der Waals surface area contributed by atoms with Crippen molar-refractivity contribution in [2.45, 2.75) is 59.9 Å². The summed E-state index contributed by atoms with van der Waals surface area (Å²) in [4.78, 5) is 10.8. The van der Waals surface area contributed by atoms with Crippen LogP contribution in [0.5, 0.6) is 0 Å². The predicted molar refractivity (Wildman–Crippen MR) is 130 cm³/mol. The monoisotopic (exact) mass is 422 g/mol. The number of hydrogen-bond donors (Lipinski definition) is 1. The Morgan fingerprint density at radius 2 is 1.74 bits per heavy atom. The van der Waals surface area contributed by atoms with Gasteiger partial charge in [0.05, 0.1) is 12.1 Å². The highest BCUT2D eigenvalue weighted by atomic mass is 16.3. The number of anilines is 1. The molecular weight excluding hydrogens is 384 g/mol. The normalized spacial score (nSPS) is 18.5. The van der Waals surface area contributed by atoms with Crippen molar-refractivity contribution in [1.82, 2.24) is 15.3 Å². The van der Waals surface area contributed by atoms with E-state index in [1.54, 1.807) is 0 Å². The summed E-state index contributed by atoms with van der Waals surface area (Å²) in [6, 6.07) is 10.2. The molecule has 0 saturated heterocycles. The molecule has 0 bridgehead atoms. The number of nitrogens with one attached hydrogen (secondary N) is 1. The molecule has 4 rings (SSSR count). The molecule has 5 heteroatoms. The van der Waals surface area contributed by atoms with Crippen LogP contribution in [0.3, 0.4) is 0 Å². The number of para-hydroxylation sites is 1. The van der Waals surface area contributed by atoms with Crippen molar-refractivity contribution in [2.75, 3.05) is 25.5 Å². The average molecular weight is 423 g/mol. The fourth-order valence-electron chi connectivity index (χ4n) is 4.18. The molecule has 2 aromatic heterocycles. The van der Waals surface area contributed by atoms with Gasteiger partial charge in [-0.1, -0.05) is 31.9 Å². The molecule has 0 unspecified atom stereocenters. The van der Waals surface area contributed by atoms with Crippen molar-refractivity contribution in [3.63, 3.8) is 0 Å². The molecule has 0 atom stereocenters. The number of aromatic nitrogens is 2. The molecule has 2 heterocycles. The van der Waals surface area contributed by atoms with Crippen LogP contribution in [0.15, 0.2) is 34.7 Å². The smallest absolute Gasteiger partial charge is 0.139 e. The lowest BCUT2D eigenvalue weighted by Crippen LogP contribution is -2.25. The van der Waals surface area contributed by atoms with E-state index in [0.29, 0.717) is 0 Å². The third kappa shape index (κ3) is 6.54. The lowest BCUT2D eigenvalue weighted by molar-refractivity contribution is 0.279. The van der Waals surface area contributed by atoms with Crippen LogP contribution in [0.4, 0.5) is 5.82 Å². The van der Waals surface area contributed by atoms with Gasteiger partial charge in [0.15, 0.2) is 0 Å². The Balaban J connectivity index is 0.000000179. The number of furan rings is 1. The highest BCUT2D eigenvalue weighted by molar-refractivity contribution is 5.89. The van der Waals surface area contributed by atoms with Gasteiger partial charge >= 0.3 is 0 Å². The fraction of sp³-hybridized carbons (Fsp3) is 0.538. The van der Waals surface area contributed by atoms with Gasteiger partial charge in [-0.25, -0.2) is 9.97 Å². The van der Waals surface area contributed by atoms with Crippen molar-refractivity contribution in [3.05, 3.63) is 53.2 Å². The lowest BCUT2D eigenvalue weighted by atomic mass is 9.83. The van der Waals surface area contributed by atoms with Crippen LogP contribution in [0.1, 0.15) is 55.5 Å². The summed E-state index contributed by atoms with van der Waals surface area (Å²) in [7, 11) is 3.99. The Hall–Kier alpha value is -2.40. The van der Waals surface area contributed by atoms with E-state index in [2.05, 4.69) is 35.2 Å². The van der Waals surface area contributed by atoms with Crippen molar-refractivity contribution < 1.29 is 4.42 Å². The molecule has 0 aliphatic heterocycles. The molecule has 1 N–H and O–H groups in total. The quantitative estimate of drug-likeness (QED) is 0.562. The van der Waals surface area contributed by atoms with Crippen molar-refractivity contribution in [1.29, 1.82) is 0 Å². The molecule has 0 radical (unpaired) electrons. The molecule has 1 aliphatic carbocycles. The Bertz CT molecular complexity index is 951. The Morgan fingerprint density at radius 1 is 1.03 bits per heavy atom. The van der Waals surface area contributed by atoms with Crippen LogP contribution >= 0.6 is 0 Å². The van der Waals surface area contributed by atoms with Crippen LogP contribution in [0, 0.1) is 32.6 Å². The first-order chi connectivity index (χ1) is 14.8. The zero-order valence-electron chi connectivity index (χ0n) is 20.0. The van der Waals surface area contributed by atoms with Gasteiger partial charge in [-0.15, -0.1) is 0 Å². The van der Waals surface area contributed by atoms with E-state index in [0.717, 1.165) is 59.0 Å². The van der Waals surface area contributed by atoms with Gasteiger partial charge in [0.25, 0.3) is 0 Å². The summed E-state index contributed by atoms with van der Waals surface area (Å²) in [5.41, 5.74) is 2.26. The summed E-state index contributed by atoms with van der Waals surface area (Å²) < 4.78 is 5.66. The minimum absolute atomic E-state index is 0.812. The molecule has 1 saturated carbocycles. The minimum Gasteiger partial charge on any atom is -0.465 e. The summed E-state index contributed by atoms with van der Waals surface area (Å²) >= 11 is 0. The predicted octanol–water partition coefficient (Wildman–Crippen LogP) is 5.82. The van der Waals surface area contributed by atoms with Crippen LogP contribution in [-0.4, -0.2) is 30.6 Å². The highest BCUT2D eigenvalue weighted by Crippen LogP contribution is 2.27. The first kappa shape index (κ1) is 23.3. The molecule has 0 spiro atoms. The zero-order chi connectivity index (χ0) is 22.4. The van der Waals surface area contributed by atoms with E-state index < -0.39 is 0 Å². The molecule has 1 aromatic carbocycles. The van der Waals surface area contributed by atoms with Gasteiger partial charge < -0.3 is 14.6 Å². The maximum absolute atomic E-state index is 5.66. The van der Waals surface area contributed by atoms with Crippen molar-refractivity contribution in [3.8, 4) is 0 Å². The number of rotatable bonds is 5. The Kier molecular flexibility index (Phi) is 8.08. The maximum atomic E-state index is 5.66. The van der Waals surface area contributed by atoms with Crippen LogP contribution in [-0.2, 0) is 6.54 Å². The van der Waals surface area contributed by atoms with E-state index >= 15 is 0 Å². The molecule has 1 fully saturated rings. The van der Waals surface area contributed by atoms with E-state index in [-0.39, 0.29) is 0 Å². The Morgan fingerprint density at radius 3 is 2.39 bits per heavy atom. The second-order valence-electron chi connectivity index (χ2n) is 9.21. The van der Waals surface area contributed by atoms with Gasteiger partial charge in [-0.05, 0) is 75.8 Å². The van der Waals surface area contributed by atoms with E-state index in [1.807, 2.05) is 57.1 Å². The number of aryl methyl sites for hydroxylation is 3. The fourth-order valence-corrected chi connectivity index (χ4v) is 4.18. The maximum Gasteiger partial charge on any atom is 0.139 e. The Labute approximate surface area is 187 Å². The molecule has 3 aromatic rings. The molecule has 168 valence electrons. The summed E-state index contributed by atoms with van der Waals surface area (Å²) in [6.45, 7) is 10.4. The number of fused-ring (bicyclic) bond motifs is 1. The van der Waals surface area contributed by atoms with Crippen molar-refractivity contribution >= 4 is 16.7 Å².